The molecule has 3 unspecified atom stereocenters. The number of rotatable bonds is 9. The summed E-state index contributed by atoms with van der Waals surface area (Å²) >= 11 is 1.15. The second kappa shape index (κ2) is 15.9. The number of fused-ring (bicyclic) bond motifs is 6. The number of aromatic nitrogens is 5. The number of likely N-dealkylation sites (tertiary alicyclic amines) is 1. The zero-order chi connectivity index (χ0) is 44.9. The number of anilines is 1. The molecule has 10 rings (SSSR count). The minimum atomic E-state index is -4.74. The minimum Gasteiger partial charge on any atom is -0.462 e. The zero-order valence-corrected chi connectivity index (χ0v) is 37.2. The third-order valence-corrected chi connectivity index (χ3v) is 14.9. The number of nitrogens with zero attached hydrogens (tertiary/aromatic N) is 8. The van der Waals surface area contributed by atoms with Crippen LogP contribution in [0, 0.1) is 18.3 Å². The molecule has 8 heterocycles. The van der Waals surface area contributed by atoms with E-state index in [2.05, 4.69) is 15.0 Å². The number of hydrogen-bond acceptors (Lipinski definition) is 12. The summed E-state index contributed by atoms with van der Waals surface area (Å²) in [5, 5.41) is 15.6. The molecule has 5 fully saturated rings. The van der Waals surface area contributed by atoms with Gasteiger partial charge < -0.3 is 29.1 Å². The Kier molecular flexibility index (Phi) is 10.8. The van der Waals surface area contributed by atoms with Crippen LogP contribution in [0.15, 0.2) is 24.5 Å². The summed E-state index contributed by atoms with van der Waals surface area (Å²) in [6.45, 7) is 9.26. The van der Waals surface area contributed by atoms with Crippen molar-refractivity contribution in [2.24, 2.45) is 11.3 Å². The number of pyridine rings is 1. The third-order valence-electron chi connectivity index (χ3n) is 13.8. The second-order valence-corrected chi connectivity index (χ2v) is 20.5. The number of hydrogen-bond donors (Lipinski definition) is 1. The first-order valence-electron chi connectivity index (χ1n) is 22.3. The number of piperidine rings is 1. The highest BCUT2D eigenvalue weighted by Crippen LogP contribution is 2.61. The first kappa shape index (κ1) is 43.4. The number of amides is 1. The molecule has 5 aliphatic rings. The van der Waals surface area contributed by atoms with Crippen molar-refractivity contribution < 1.29 is 46.1 Å². The highest BCUT2D eigenvalue weighted by molar-refractivity contribution is 7.26. The zero-order valence-electron chi connectivity index (χ0n) is 36.4. The van der Waals surface area contributed by atoms with Crippen LogP contribution in [0.25, 0.3) is 42.5 Å². The summed E-state index contributed by atoms with van der Waals surface area (Å²) in [5.74, 6) is -2.36. The van der Waals surface area contributed by atoms with Crippen LogP contribution in [0.2, 0.25) is 0 Å². The highest BCUT2D eigenvalue weighted by Gasteiger charge is 2.72. The van der Waals surface area contributed by atoms with Gasteiger partial charge in [-0.3, -0.25) is 9.88 Å². The lowest BCUT2D eigenvalue weighted by Crippen LogP contribution is -2.57. The molecule has 2 bridgehead atoms. The number of aliphatic hydroxyl groups is 1. The lowest BCUT2D eigenvalue weighted by Gasteiger charge is -2.42. The van der Waals surface area contributed by atoms with Crippen molar-refractivity contribution in [3.63, 3.8) is 0 Å². The molecule has 4 saturated heterocycles. The van der Waals surface area contributed by atoms with Crippen molar-refractivity contribution in [1.29, 1.82) is 0 Å². The van der Waals surface area contributed by atoms with Gasteiger partial charge >= 0.3 is 18.3 Å². The fourth-order valence-corrected chi connectivity index (χ4v) is 11.7. The molecule has 5 aromatic rings. The van der Waals surface area contributed by atoms with E-state index in [0.29, 0.717) is 70.8 Å². The number of alkyl halides is 5. The van der Waals surface area contributed by atoms with E-state index >= 15 is 22.0 Å². The summed E-state index contributed by atoms with van der Waals surface area (Å²) in [5.41, 5.74) is -2.43. The van der Waals surface area contributed by atoms with Crippen LogP contribution in [-0.2, 0) is 15.7 Å². The maximum atomic E-state index is 15.3. The highest BCUT2D eigenvalue weighted by atomic mass is 32.1. The Balaban J connectivity index is 1.08. The number of thiophene rings is 1. The Bertz CT molecular complexity index is 2590. The molecule has 1 amide bonds. The van der Waals surface area contributed by atoms with Crippen molar-refractivity contribution in [2.45, 2.75) is 115 Å². The van der Waals surface area contributed by atoms with Gasteiger partial charge in [0.15, 0.2) is 6.23 Å². The predicted molar refractivity (Wildman–Crippen MR) is 231 cm³/mol. The van der Waals surface area contributed by atoms with Gasteiger partial charge in [-0.05, 0) is 109 Å². The van der Waals surface area contributed by atoms with Crippen molar-refractivity contribution in [3.8, 4) is 17.3 Å². The maximum absolute atomic E-state index is 15.3. The number of aliphatic hydroxyl groups excluding tert-OH is 1. The maximum Gasteiger partial charge on any atom is 0.417 e. The normalized spacial score (nSPS) is 25.5. The molecular formula is C45H53F5N8O5S. The topological polar surface area (TPSA) is 131 Å². The van der Waals surface area contributed by atoms with Gasteiger partial charge in [-0.15, -0.1) is 11.3 Å². The molecule has 344 valence electrons. The average molecular weight is 913 g/mol. The number of piperazine rings is 1. The monoisotopic (exact) mass is 912 g/mol. The van der Waals surface area contributed by atoms with E-state index in [1.165, 1.54) is 25.4 Å². The van der Waals surface area contributed by atoms with Crippen molar-refractivity contribution >= 4 is 54.5 Å². The molecule has 4 atom stereocenters. The van der Waals surface area contributed by atoms with Crippen LogP contribution in [0.4, 0.5) is 32.6 Å². The fraction of sp³-hybridized carbons (Fsp3) is 0.622. The van der Waals surface area contributed by atoms with Gasteiger partial charge in [-0.25, -0.2) is 18.3 Å². The van der Waals surface area contributed by atoms with Gasteiger partial charge in [0.1, 0.15) is 22.9 Å². The Morgan fingerprint density at radius 2 is 1.77 bits per heavy atom. The van der Waals surface area contributed by atoms with E-state index < -0.39 is 41.0 Å². The van der Waals surface area contributed by atoms with Crippen LogP contribution in [-0.4, -0.2) is 122 Å². The van der Waals surface area contributed by atoms with E-state index in [1.54, 1.807) is 15.6 Å². The minimum absolute atomic E-state index is 0.0190. The summed E-state index contributed by atoms with van der Waals surface area (Å²) in [7, 11) is 0. The van der Waals surface area contributed by atoms with E-state index in [9.17, 15) is 9.90 Å². The van der Waals surface area contributed by atoms with Crippen LogP contribution in [0.1, 0.15) is 89.5 Å². The number of benzene rings is 1. The van der Waals surface area contributed by atoms with E-state index in [1.807, 2.05) is 25.7 Å². The molecule has 64 heavy (non-hydrogen) atoms. The van der Waals surface area contributed by atoms with Gasteiger partial charge in [0.2, 0.25) is 0 Å². The SMILES string of the molecule is Cc1cc2c(cnn2C2CCCCO2)c(-c2nccc3c2sc2nc(OC[C@]4(CN5CCC(CO)CC5)CC4(F)F)nc(N4CC5CCC(C4)N5C(=O)OC(C)(C)C)c23)c1C(F)(F)F. The summed E-state index contributed by atoms with van der Waals surface area (Å²) in [4.78, 5) is 34.2. The Hall–Kier alpha value is -4.46. The molecule has 19 heteroatoms. The lowest BCUT2D eigenvalue weighted by molar-refractivity contribution is -0.137. The lowest BCUT2D eigenvalue weighted by atomic mass is 9.94. The largest absolute Gasteiger partial charge is 0.462 e. The summed E-state index contributed by atoms with van der Waals surface area (Å²) in [6.07, 6.45) is 2.44. The van der Waals surface area contributed by atoms with E-state index in [-0.39, 0.29) is 72.4 Å². The van der Waals surface area contributed by atoms with Gasteiger partial charge in [0, 0.05) is 61.8 Å². The van der Waals surface area contributed by atoms with Crippen LogP contribution >= 0.6 is 11.3 Å². The number of carbonyl (C=O) groups is 1. The second-order valence-electron chi connectivity index (χ2n) is 19.5. The standard InChI is InChI=1S/C45H53F5N8O5S/c1-25-17-31-30(18-52-58(31)32-7-5-6-16-61-32)33(35(25)45(48,49)50)36-37-29(10-13-51-36)34-38(56-19-27-8-9-28(20-56)57(27)41(60)63-42(2,3)4)53-40(54-39(34)64-37)62-24-43(22-44(43,46)47)23-55-14-11-26(21-59)12-15-55/h10,13,17-18,26-28,32,59H,5-9,11-12,14-16,19-24H2,1-4H3/t27?,28?,32?,43-/m1/s1. The molecule has 0 spiro atoms. The van der Waals surface area contributed by atoms with Crippen molar-refractivity contribution in [2.75, 3.05) is 57.4 Å². The summed E-state index contributed by atoms with van der Waals surface area (Å²) in [6, 6.07) is 2.72. The first-order chi connectivity index (χ1) is 30.4. The first-order valence-corrected chi connectivity index (χ1v) is 23.1. The average Bonchev–Trinajstić information content (AvgIpc) is 3.61. The van der Waals surface area contributed by atoms with E-state index in [4.69, 9.17) is 24.2 Å². The van der Waals surface area contributed by atoms with Crippen molar-refractivity contribution in [3.05, 3.63) is 35.7 Å². The van der Waals surface area contributed by atoms with Gasteiger partial charge in [-0.1, -0.05) is 0 Å². The molecule has 1 aromatic carbocycles. The molecule has 4 aromatic heterocycles. The number of halogens is 5. The van der Waals surface area contributed by atoms with E-state index in [0.717, 1.165) is 49.9 Å². The third kappa shape index (κ3) is 7.70. The quantitative estimate of drug-likeness (QED) is 0.142. The van der Waals surface area contributed by atoms with Gasteiger partial charge in [0.25, 0.3) is 5.92 Å². The molecule has 1 N–H and O–H groups in total. The Morgan fingerprint density at radius 1 is 1.03 bits per heavy atom. The molecule has 0 radical (unpaired) electrons. The van der Waals surface area contributed by atoms with Crippen LogP contribution in [0.3, 0.4) is 0 Å². The molecule has 4 aliphatic heterocycles. The number of aryl methyl sites for hydroxylation is 1. The van der Waals surface area contributed by atoms with Gasteiger partial charge in [0.05, 0.1) is 50.6 Å². The molecular weight excluding hydrogens is 860 g/mol. The summed E-state index contributed by atoms with van der Waals surface area (Å²) < 4.78 is 96.8. The Labute approximate surface area is 370 Å². The smallest absolute Gasteiger partial charge is 0.417 e. The number of carbonyl (C=O) groups excluding carboxylic acids is 1. The van der Waals surface area contributed by atoms with Crippen LogP contribution < -0.4 is 9.64 Å². The fourth-order valence-electron chi connectivity index (χ4n) is 10.5. The Morgan fingerprint density at radius 3 is 2.41 bits per heavy atom. The van der Waals surface area contributed by atoms with Crippen LogP contribution in [0.5, 0.6) is 6.01 Å². The molecule has 13 nitrogen and oxygen atoms in total. The van der Waals surface area contributed by atoms with Gasteiger partial charge in [-0.2, -0.15) is 28.2 Å². The van der Waals surface area contributed by atoms with Crippen molar-refractivity contribution in [1.82, 2.24) is 34.5 Å². The molecule has 1 saturated carbocycles. The molecule has 1 aliphatic carbocycles. The number of ether oxygens (including phenoxy) is 3. The predicted octanol–water partition coefficient (Wildman–Crippen LogP) is 8.98.